The van der Waals surface area contributed by atoms with Crippen LogP contribution in [0.1, 0.15) is 49.9 Å². The highest BCUT2D eigenvalue weighted by Gasteiger charge is 2.14. The predicted octanol–water partition coefficient (Wildman–Crippen LogP) is 6.52. The summed E-state index contributed by atoms with van der Waals surface area (Å²) in [7, 11) is 0. The van der Waals surface area contributed by atoms with Crippen LogP contribution in [0.3, 0.4) is 0 Å². The van der Waals surface area contributed by atoms with E-state index in [-0.39, 0.29) is 13.2 Å². The fourth-order valence-electron chi connectivity index (χ4n) is 4.33. The first kappa shape index (κ1) is 30.8. The van der Waals surface area contributed by atoms with Crippen LogP contribution in [0, 0.1) is 0 Å². The molecule has 0 radical (unpaired) electrons. The summed E-state index contributed by atoms with van der Waals surface area (Å²) in [5, 5.41) is 21.4. The van der Waals surface area contributed by atoms with Crippen molar-refractivity contribution in [2.24, 2.45) is 0 Å². The largest absolute Gasteiger partial charge is 0.490 e. The van der Waals surface area contributed by atoms with Gasteiger partial charge in [-0.25, -0.2) is 0 Å². The SMILES string of the molecule is C/C=C/c1ccc(OCC)c(OCC(O)Cc2cccc(CC(O)COc3cc(/C=C/C)ccc3OCC)c2)c1. The standard InChI is InChI=1S/C34H42O6/c1-5-10-25-14-16-31(37-7-3)33(21-25)39-23-29(35)19-27-12-9-13-28(18-27)20-30(36)24-40-34-22-26(11-6-2)15-17-32(34)38-8-4/h5-6,9-18,21-22,29-30,35-36H,7-8,19-20,23-24H2,1-4H3/b10-5+,11-6+. The van der Waals surface area contributed by atoms with Gasteiger partial charge in [-0.2, -0.15) is 0 Å². The minimum absolute atomic E-state index is 0.133. The molecule has 0 amide bonds. The van der Waals surface area contributed by atoms with Gasteiger partial charge in [0.25, 0.3) is 0 Å². The van der Waals surface area contributed by atoms with Gasteiger partial charge in [0.15, 0.2) is 23.0 Å². The minimum atomic E-state index is -0.704. The van der Waals surface area contributed by atoms with E-state index in [0.29, 0.717) is 49.1 Å². The van der Waals surface area contributed by atoms with E-state index in [1.807, 2.05) is 113 Å². The van der Waals surface area contributed by atoms with Crippen molar-refractivity contribution in [1.29, 1.82) is 0 Å². The highest BCUT2D eigenvalue weighted by atomic mass is 16.5. The van der Waals surface area contributed by atoms with Crippen LogP contribution in [0.15, 0.2) is 72.8 Å². The molecule has 3 rings (SSSR count). The van der Waals surface area contributed by atoms with Crippen LogP contribution in [0.25, 0.3) is 12.2 Å². The van der Waals surface area contributed by atoms with Gasteiger partial charge < -0.3 is 29.2 Å². The fourth-order valence-corrected chi connectivity index (χ4v) is 4.33. The second-order valence-electron chi connectivity index (χ2n) is 9.44. The normalized spacial score (nSPS) is 12.9. The van der Waals surface area contributed by atoms with E-state index in [4.69, 9.17) is 18.9 Å². The number of rotatable bonds is 16. The molecule has 0 saturated carbocycles. The first-order valence-corrected chi connectivity index (χ1v) is 13.9. The molecule has 2 N–H and O–H groups in total. The van der Waals surface area contributed by atoms with Crippen LogP contribution in [0.5, 0.6) is 23.0 Å². The van der Waals surface area contributed by atoms with Gasteiger partial charge in [0, 0.05) is 12.8 Å². The van der Waals surface area contributed by atoms with Crippen molar-refractivity contribution in [3.63, 3.8) is 0 Å². The van der Waals surface area contributed by atoms with Crippen molar-refractivity contribution in [2.75, 3.05) is 26.4 Å². The lowest BCUT2D eigenvalue weighted by Crippen LogP contribution is -2.22. The number of hydrogen-bond acceptors (Lipinski definition) is 6. The molecule has 0 saturated heterocycles. The van der Waals surface area contributed by atoms with Crippen molar-refractivity contribution in [3.8, 4) is 23.0 Å². The third-order valence-electron chi connectivity index (χ3n) is 6.05. The number of allylic oxidation sites excluding steroid dienone is 2. The summed E-state index contributed by atoms with van der Waals surface area (Å²) < 4.78 is 23.3. The topological polar surface area (TPSA) is 77.4 Å². The van der Waals surface area contributed by atoms with E-state index in [9.17, 15) is 10.2 Å². The van der Waals surface area contributed by atoms with Gasteiger partial charge in [0.2, 0.25) is 0 Å². The van der Waals surface area contributed by atoms with Gasteiger partial charge >= 0.3 is 0 Å². The van der Waals surface area contributed by atoms with Crippen LogP contribution in [0.4, 0.5) is 0 Å². The van der Waals surface area contributed by atoms with Crippen LogP contribution < -0.4 is 18.9 Å². The number of aliphatic hydroxyl groups excluding tert-OH is 2. The zero-order valence-electron chi connectivity index (χ0n) is 24.0. The molecule has 6 nitrogen and oxygen atoms in total. The Morgan fingerprint density at radius 1 is 0.600 bits per heavy atom. The Morgan fingerprint density at radius 3 is 1.45 bits per heavy atom. The number of aliphatic hydroxyl groups is 2. The van der Waals surface area contributed by atoms with Crippen LogP contribution in [-0.4, -0.2) is 48.8 Å². The molecule has 3 aromatic rings. The minimum Gasteiger partial charge on any atom is -0.490 e. The molecule has 0 heterocycles. The second kappa shape index (κ2) is 16.4. The van der Waals surface area contributed by atoms with E-state index in [0.717, 1.165) is 22.3 Å². The predicted molar refractivity (Wildman–Crippen MR) is 161 cm³/mol. The van der Waals surface area contributed by atoms with E-state index in [2.05, 4.69) is 0 Å². The summed E-state index contributed by atoms with van der Waals surface area (Å²) in [6, 6.07) is 19.4. The number of ether oxygens (including phenoxy) is 4. The number of hydrogen-bond donors (Lipinski definition) is 2. The third kappa shape index (κ3) is 9.78. The maximum absolute atomic E-state index is 10.7. The van der Waals surface area contributed by atoms with Crippen LogP contribution in [0.2, 0.25) is 0 Å². The van der Waals surface area contributed by atoms with Crippen molar-refractivity contribution in [1.82, 2.24) is 0 Å². The Bertz CT molecular complexity index is 1160. The third-order valence-corrected chi connectivity index (χ3v) is 6.05. The summed E-state index contributed by atoms with van der Waals surface area (Å²) in [4.78, 5) is 0. The van der Waals surface area contributed by atoms with Crippen molar-refractivity contribution >= 4 is 12.2 Å². The van der Waals surface area contributed by atoms with E-state index < -0.39 is 12.2 Å². The lowest BCUT2D eigenvalue weighted by Gasteiger charge is -2.17. The van der Waals surface area contributed by atoms with Crippen molar-refractivity contribution in [3.05, 3.63) is 95.1 Å². The average Bonchev–Trinajstić information content (AvgIpc) is 2.94. The molecule has 0 aliphatic rings. The highest BCUT2D eigenvalue weighted by Crippen LogP contribution is 2.30. The Hall–Kier alpha value is -3.74. The molecule has 214 valence electrons. The van der Waals surface area contributed by atoms with E-state index in [1.165, 1.54) is 0 Å². The quantitative estimate of drug-likeness (QED) is 0.213. The number of benzene rings is 3. The van der Waals surface area contributed by atoms with Gasteiger partial charge in [-0.15, -0.1) is 0 Å². The van der Waals surface area contributed by atoms with E-state index in [1.54, 1.807) is 0 Å². The molecule has 0 aliphatic heterocycles. The molecule has 3 aromatic carbocycles. The second-order valence-corrected chi connectivity index (χ2v) is 9.44. The summed E-state index contributed by atoms with van der Waals surface area (Å²) in [6.45, 7) is 9.10. The lowest BCUT2D eigenvalue weighted by atomic mass is 10.0. The first-order valence-electron chi connectivity index (χ1n) is 13.9. The zero-order valence-corrected chi connectivity index (χ0v) is 24.0. The molecule has 0 bridgehead atoms. The molecule has 40 heavy (non-hydrogen) atoms. The Kier molecular flexibility index (Phi) is 12.6. The fraction of sp³-hybridized carbons (Fsp3) is 0.353. The van der Waals surface area contributed by atoms with Gasteiger partial charge in [-0.3, -0.25) is 0 Å². The molecule has 0 fully saturated rings. The smallest absolute Gasteiger partial charge is 0.161 e. The van der Waals surface area contributed by atoms with Gasteiger partial charge in [-0.05, 0) is 74.2 Å². The zero-order chi connectivity index (χ0) is 28.7. The lowest BCUT2D eigenvalue weighted by molar-refractivity contribution is 0.104. The molecule has 2 atom stereocenters. The summed E-state index contributed by atoms with van der Waals surface area (Å²) in [6.07, 6.45) is 7.35. The summed E-state index contributed by atoms with van der Waals surface area (Å²) in [5.41, 5.74) is 3.94. The average molecular weight is 547 g/mol. The van der Waals surface area contributed by atoms with Gasteiger partial charge in [0.05, 0.1) is 25.4 Å². The molecular formula is C34H42O6. The monoisotopic (exact) mass is 546 g/mol. The Morgan fingerprint density at radius 2 is 1.05 bits per heavy atom. The Balaban J connectivity index is 1.56. The molecule has 2 unspecified atom stereocenters. The van der Waals surface area contributed by atoms with Crippen molar-refractivity contribution in [2.45, 2.75) is 52.7 Å². The maximum Gasteiger partial charge on any atom is 0.161 e. The Labute approximate surface area is 238 Å². The van der Waals surface area contributed by atoms with E-state index >= 15 is 0 Å². The van der Waals surface area contributed by atoms with Gasteiger partial charge in [0.1, 0.15) is 13.2 Å². The van der Waals surface area contributed by atoms with Crippen LogP contribution >= 0.6 is 0 Å². The first-order chi connectivity index (χ1) is 19.4. The summed E-state index contributed by atoms with van der Waals surface area (Å²) >= 11 is 0. The van der Waals surface area contributed by atoms with Crippen LogP contribution in [-0.2, 0) is 12.8 Å². The molecule has 0 aromatic heterocycles. The molecule has 0 aliphatic carbocycles. The molecule has 6 heteroatoms. The van der Waals surface area contributed by atoms with Crippen molar-refractivity contribution < 1.29 is 29.2 Å². The summed E-state index contributed by atoms with van der Waals surface area (Å²) in [5.74, 6) is 2.53. The molecular weight excluding hydrogens is 504 g/mol. The van der Waals surface area contributed by atoms with Gasteiger partial charge in [-0.1, -0.05) is 60.7 Å². The highest BCUT2D eigenvalue weighted by molar-refractivity contribution is 5.56. The molecule has 0 spiro atoms. The maximum atomic E-state index is 10.7.